The summed E-state index contributed by atoms with van der Waals surface area (Å²) in [5.74, 6) is 0.718. The van der Waals surface area contributed by atoms with E-state index in [1.807, 2.05) is 31.2 Å². The second-order valence-electron chi connectivity index (χ2n) is 2.58. The zero-order chi connectivity index (χ0) is 8.97. The third kappa shape index (κ3) is 2.55. The van der Waals surface area contributed by atoms with Gasteiger partial charge in [-0.15, -0.1) is 11.6 Å². The zero-order valence-corrected chi connectivity index (χ0v) is 7.67. The third-order valence-corrected chi connectivity index (χ3v) is 1.69. The predicted molar refractivity (Wildman–Crippen MR) is 53.2 cm³/mol. The first kappa shape index (κ1) is 9.07. The molecule has 1 aromatic carbocycles. The normalized spacial score (nSPS) is 11.7. The Hall–Kier alpha value is -1.02. The highest BCUT2D eigenvalue weighted by Crippen LogP contribution is 2.12. The van der Waals surface area contributed by atoms with Gasteiger partial charge in [0.15, 0.2) is 0 Å². The fourth-order valence-electron chi connectivity index (χ4n) is 0.893. The SMILES string of the molecule is Cc1cccc(N=C(N)CCl)c1. The van der Waals surface area contributed by atoms with E-state index in [9.17, 15) is 0 Å². The quantitative estimate of drug-likeness (QED) is 0.425. The lowest BCUT2D eigenvalue weighted by Gasteiger charge is -1.96. The van der Waals surface area contributed by atoms with Crippen LogP contribution in [0.15, 0.2) is 29.3 Å². The van der Waals surface area contributed by atoms with Crippen LogP contribution in [0, 0.1) is 6.92 Å². The molecule has 0 heterocycles. The van der Waals surface area contributed by atoms with E-state index in [0.29, 0.717) is 5.84 Å². The number of amidine groups is 1. The number of rotatable bonds is 2. The Bertz CT molecular complexity index is 294. The lowest BCUT2D eigenvalue weighted by molar-refractivity contribution is 1.40. The lowest BCUT2D eigenvalue weighted by Crippen LogP contribution is -2.12. The first-order valence-corrected chi connectivity index (χ1v) is 4.21. The molecule has 3 heteroatoms. The van der Waals surface area contributed by atoms with Crippen LogP contribution in [0.3, 0.4) is 0 Å². The van der Waals surface area contributed by atoms with E-state index in [4.69, 9.17) is 17.3 Å². The first-order valence-electron chi connectivity index (χ1n) is 3.68. The molecule has 0 saturated heterocycles. The van der Waals surface area contributed by atoms with Gasteiger partial charge in [0, 0.05) is 0 Å². The molecule has 1 aromatic rings. The van der Waals surface area contributed by atoms with E-state index < -0.39 is 0 Å². The number of hydrogen-bond donors (Lipinski definition) is 1. The molecule has 0 atom stereocenters. The third-order valence-electron chi connectivity index (χ3n) is 1.41. The number of halogens is 1. The van der Waals surface area contributed by atoms with Gasteiger partial charge in [0.25, 0.3) is 0 Å². The van der Waals surface area contributed by atoms with E-state index in [0.717, 1.165) is 5.69 Å². The molecule has 0 aliphatic heterocycles. The summed E-state index contributed by atoms with van der Waals surface area (Å²) in [5.41, 5.74) is 7.49. The number of aliphatic imine (C=N–C) groups is 1. The molecular weight excluding hydrogens is 172 g/mol. The van der Waals surface area contributed by atoms with Crippen LogP contribution in [0.5, 0.6) is 0 Å². The van der Waals surface area contributed by atoms with Gasteiger partial charge in [-0.05, 0) is 24.6 Å². The summed E-state index contributed by atoms with van der Waals surface area (Å²) in [6.45, 7) is 2.01. The first-order chi connectivity index (χ1) is 5.72. The Morgan fingerprint density at radius 2 is 2.33 bits per heavy atom. The van der Waals surface area contributed by atoms with Gasteiger partial charge in [-0.3, -0.25) is 0 Å². The van der Waals surface area contributed by atoms with E-state index >= 15 is 0 Å². The van der Waals surface area contributed by atoms with E-state index in [2.05, 4.69) is 4.99 Å². The molecular formula is C9H11ClN2. The van der Waals surface area contributed by atoms with Crippen LogP contribution in [0.2, 0.25) is 0 Å². The molecule has 0 aromatic heterocycles. The van der Waals surface area contributed by atoms with Gasteiger partial charge in [0.1, 0.15) is 5.84 Å². The van der Waals surface area contributed by atoms with Crippen molar-refractivity contribution < 1.29 is 0 Å². The average Bonchev–Trinajstić information content (AvgIpc) is 2.04. The summed E-state index contributed by atoms with van der Waals surface area (Å²) < 4.78 is 0. The second-order valence-corrected chi connectivity index (χ2v) is 2.84. The molecule has 0 spiro atoms. The van der Waals surface area contributed by atoms with Gasteiger partial charge >= 0.3 is 0 Å². The fraction of sp³-hybridized carbons (Fsp3) is 0.222. The highest BCUT2D eigenvalue weighted by Gasteiger charge is 1.91. The smallest absolute Gasteiger partial charge is 0.115 e. The Morgan fingerprint density at radius 3 is 2.92 bits per heavy atom. The molecule has 0 fully saturated rings. The van der Waals surface area contributed by atoms with Crippen LogP contribution in [-0.4, -0.2) is 11.7 Å². The molecule has 0 amide bonds. The molecule has 0 saturated carbocycles. The minimum atomic E-state index is 0.272. The standard InChI is InChI=1S/C9H11ClN2/c1-7-3-2-4-8(5-7)12-9(11)6-10/h2-5H,6H2,1H3,(H2,11,12). The molecule has 0 aliphatic carbocycles. The molecule has 1 rings (SSSR count). The van der Waals surface area contributed by atoms with E-state index in [1.54, 1.807) is 0 Å². The molecule has 2 N–H and O–H groups in total. The lowest BCUT2D eigenvalue weighted by atomic mass is 10.2. The van der Waals surface area contributed by atoms with Gasteiger partial charge in [0.2, 0.25) is 0 Å². The Morgan fingerprint density at radius 1 is 1.58 bits per heavy atom. The Labute approximate surface area is 77.1 Å². The van der Waals surface area contributed by atoms with Crippen molar-refractivity contribution >= 4 is 23.1 Å². The molecule has 0 radical (unpaired) electrons. The maximum absolute atomic E-state index is 5.49. The summed E-state index contributed by atoms with van der Waals surface area (Å²) in [4.78, 5) is 4.10. The predicted octanol–water partition coefficient (Wildman–Crippen LogP) is 2.22. The molecule has 0 bridgehead atoms. The Kier molecular flexibility index (Phi) is 3.11. The minimum absolute atomic E-state index is 0.272. The number of nitrogens with two attached hydrogens (primary N) is 1. The van der Waals surface area contributed by atoms with Crippen LogP contribution in [-0.2, 0) is 0 Å². The summed E-state index contributed by atoms with van der Waals surface area (Å²) >= 11 is 5.49. The van der Waals surface area contributed by atoms with Crippen LogP contribution >= 0.6 is 11.6 Å². The Balaban J connectivity index is 2.89. The summed E-state index contributed by atoms with van der Waals surface area (Å²) in [6.07, 6.45) is 0. The van der Waals surface area contributed by atoms with E-state index in [1.165, 1.54) is 5.56 Å². The van der Waals surface area contributed by atoms with E-state index in [-0.39, 0.29) is 5.88 Å². The largest absolute Gasteiger partial charge is 0.386 e. The van der Waals surface area contributed by atoms with Gasteiger partial charge in [-0.1, -0.05) is 12.1 Å². The van der Waals surface area contributed by atoms with Crippen LogP contribution in [0.25, 0.3) is 0 Å². The number of benzene rings is 1. The highest BCUT2D eigenvalue weighted by atomic mass is 35.5. The van der Waals surface area contributed by atoms with Crippen molar-refractivity contribution in [3.8, 4) is 0 Å². The van der Waals surface area contributed by atoms with Crippen molar-refractivity contribution in [1.82, 2.24) is 0 Å². The topological polar surface area (TPSA) is 38.4 Å². The van der Waals surface area contributed by atoms with Crippen LogP contribution in [0.4, 0.5) is 5.69 Å². The number of alkyl halides is 1. The molecule has 12 heavy (non-hydrogen) atoms. The van der Waals surface area contributed by atoms with Gasteiger partial charge in [0.05, 0.1) is 11.6 Å². The summed E-state index contributed by atoms with van der Waals surface area (Å²) in [5, 5.41) is 0. The van der Waals surface area contributed by atoms with Gasteiger partial charge < -0.3 is 5.73 Å². The number of nitrogens with zero attached hydrogens (tertiary/aromatic N) is 1. The monoisotopic (exact) mass is 182 g/mol. The summed E-state index contributed by atoms with van der Waals surface area (Å²) in [6, 6.07) is 7.80. The fourth-order valence-corrected chi connectivity index (χ4v) is 0.953. The van der Waals surface area contributed by atoms with Crippen molar-refractivity contribution in [2.75, 3.05) is 5.88 Å². The van der Waals surface area contributed by atoms with Crippen molar-refractivity contribution in [2.45, 2.75) is 6.92 Å². The van der Waals surface area contributed by atoms with Gasteiger partial charge in [-0.2, -0.15) is 0 Å². The van der Waals surface area contributed by atoms with Crippen molar-refractivity contribution in [1.29, 1.82) is 0 Å². The molecule has 0 aliphatic rings. The van der Waals surface area contributed by atoms with Crippen LogP contribution in [0.1, 0.15) is 5.56 Å². The molecule has 0 unspecified atom stereocenters. The maximum atomic E-state index is 5.49. The van der Waals surface area contributed by atoms with Crippen molar-refractivity contribution in [3.05, 3.63) is 29.8 Å². The van der Waals surface area contributed by atoms with Crippen molar-refractivity contribution in [3.63, 3.8) is 0 Å². The number of hydrogen-bond acceptors (Lipinski definition) is 1. The molecule has 2 nitrogen and oxygen atoms in total. The second kappa shape index (κ2) is 4.12. The summed E-state index contributed by atoms with van der Waals surface area (Å²) in [7, 11) is 0. The highest BCUT2D eigenvalue weighted by molar-refractivity contribution is 6.28. The van der Waals surface area contributed by atoms with Crippen molar-refractivity contribution in [2.24, 2.45) is 10.7 Å². The molecule has 64 valence electrons. The zero-order valence-electron chi connectivity index (χ0n) is 6.92. The van der Waals surface area contributed by atoms with Crippen LogP contribution < -0.4 is 5.73 Å². The maximum Gasteiger partial charge on any atom is 0.115 e. The number of aryl methyl sites for hydroxylation is 1. The van der Waals surface area contributed by atoms with Gasteiger partial charge in [-0.25, -0.2) is 4.99 Å². The minimum Gasteiger partial charge on any atom is -0.386 e. The average molecular weight is 183 g/mol.